The van der Waals surface area contributed by atoms with E-state index in [-0.39, 0.29) is 19.6 Å². The van der Waals surface area contributed by atoms with E-state index in [1.165, 1.54) is 4.90 Å². The maximum atomic E-state index is 10.7. The molecular formula is C12H14ClNO4. The Morgan fingerprint density at radius 1 is 1.22 bits per heavy atom. The van der Waals surface area contributed by atoms with Gasteiger partial charge in [0.05, 0.1) is 13.1 Å². The van der Waals surface area contributed by atoms with Gasteiger partial charge in [0, 0.05) is 11.6 Å². The largest absolute Gasteiger partial charge is 0.480 e. The van der Waals surface area contributed by atoms with Crippen molar-refractivity contribution in [1.82, 2.24) is 4.90 Å². The van der Waals surface area contributed by atoms with E-state index < -0.39 is 11.9 Å². The quantitative estimate of drug-likeness (QED) is 0.822. The maximum Gasteiger partial charge on any atom is 0.317 e. The first-order chi connectivity index (χ1) is 8.38. The zero-order valence-electron chi connectivity index (χ0n) is 9.89. The summed E-state index contributed by atoms with van der Waals surface area (Å²) in [5.41, 5.74) is 1.71. The highest BCUT2D eigenvalue weighted by molar-refractivity contribution is 6.31. The standard InChI is InChI=1S/C12H14ClNO4/c1-8-2-3-9(10(13)4-8)5-14(6-11(15)16)7-12(17)18/h2-4H,5-7H2,1H3,(H,15,16)(H,17,18). The molecule has 0 heterocycles. The molecule has 0 spiro atoms. The summed E-state index contributed by atoms with van der Waals surface area (Å²) in [7, 11) is 0. The molecule has 6 heteroatoms. The second kappa shape index (κ2) is 6.37. The van der Waals surface area contributed by atoms with Gasteiger partial charge >= 0.3 is 11.9 Å². The molecule has 0 saturated heterocycles. The van der Waals surface area contributed by atoms with Gasteiger partial charge in [-0.05, 0) is 24.1 Å². The van der Waals surface area contributed by atoms with Crippen molar-refractivity contribution in [3.63, 3.8) is 0 Å². The number of aryl methyl sites for hydroxylation is 1. The average molecular weight is 272 g/mol. The van der Waals surface area contributed by atoms with Crippen molar-refractivity contribution in [2.24, 2.45) is 0 Å². The molecule has 0 saturated carbocycles. The topological polar surface area (TPSA) is 77.8 Å². The minimum absolute atomic E-state index is 0.192. The van der Waals surface area contributed by atoms with E-state index >= 15 is 0 Å². The van der Waals surface area contributed by atoms with Gasteiger partial charge in [0.1, 0.15) is 0 Å². The molecule has 1 aromatic rings. The predicted octanol–water partition coefficient (Wildman–Crippen LogP) is 1.62. The van der Waals surface area contributed by atoms with E-state index in [2.05, 4.69) is 0 Å². The number of rotatable bonds is 6. The molecular weight excluding hydrogens is 258 g/mol. The molecule has 0 aliphatic heterocycles. The molecule has 2 N–H and O–H groups in total. The fourth-order valence-electron chi connectivity index (χ4n) is 1.57. The summed E-state index contributed by atoms with van der Waals surface area (Å²) in [5.74, 6) is -2.14. The molecule has 0 aliphatic carbocycles. The number of halogens is 1. The van der Waals surface area contributed by atoms with Crippen LogP contribution in [0.2, 0.25) is 5.02 Å². The number of carbonyl (C=O) groups is 2. The lowest BCUT2D eigenvalue weighted by atomic mass is 10.1. The molecule has 0 fully saturated rings. The molecule has 0 aromatic heterocycles. The Hall–Kier alpha value is -1.59. The fraction of sp³-hybridized carbons (Fsp3) is 0.333. The monoisotopic (exact) mass is 271 g/mol. The van der Waals surface area contributed by atoms with Crippen molar-refractivity contribution in [3.05, 3.63) is 34.3 Å². The zero-order valence-corrected chi connectivity index (χ0v) is 10.6. The molecule has 1 aromatic carbocycles. The zero-order chi connectivity index (χ0) is 13.7. The summed E-state index contributed by atoms with van der Waals surface area (Å²) >= 11 is 6.03. The van der Waals surface area contributed by atoms with E-state index in [0.29, 0.717) is 10.6 Å². The molecule has 5 nitrogen and oxygen atoms in total. The van der Waals surface area contributed by atoms with Crippen LogP contribution in [0.25, 0.3) is 0 Å². The van der Waals surface area contributed by atoms with Crippen LogP contribution in [0.15, 0.2) is 18.2 Å². The Bertz CT molecular complexity index is 445. The molecule has 0 unspecified atom stereocenters. The number of hydrogen-bond acceptors (Lipinski definition) is 3. The summed E-state index contributed by atoms with van der Waals surface area (Å²) < 4.78 is 0. The highest BCUT2D eigenvalue weighted by atomic mass is 35.5. The molecule has 0 aliphatic rings. The fourth-order valence-corrected chi connectivity index (χ4v) is 1.87. The van der Waals surface area contributed by atoms with E-state index in [1.54, 1.807) is 12.1 Å². The molecule has 1 rings (SSSR count). The van der Waals surface area contributed by atoms with Crippen molar-refractivity contribution < 1.29 is 19.8 Å². The van der Waals surface area contributed by atoms with Gasteiger partial charge in [-0.1, -0.05) is 23.7 Å². The Morgan fingerprint density at radius 3 is 2.22 bits per heavy atom. The minimum Gasteiger partial charge on any atom is -0.480 e. The van der Waals surface area contributed by atoms with Crippen LogP contribution in [0, 0.1) is 6.92 Å². The third-order valence-electron chi connectivity index (χ3n) is 2.32. The van der Waals surface area contributed by atoms with Crippen molar-refractivity contribution in [1.29, 1.82) is 0 Å². The molecule has 0 amide bonds. The number of hydrogen-bond donors (Lipinski definition) is 2. The van der Waals surface area contributed by atoms with Gasteiger partial charge in [0.25, 0.3) is 0 Å². The Kier molecular flexibility index (Phi) is 5.12. The van der Waals surface area contributed by atoms with E-state index in [0.717, 1.165) is 5.56 Å². The Balaban J connectivity index is 2.81. The summed E-state index contributed by atoms with van der Waals surface area (Å²) in [4.78, 5) is 22.6. The molecule has 0 bridgehead atoms. The summed E-state index contributed by atoms with van der Waals surface area (Å²) in [6.07, 6.45) is 0. The number of carboxylic acids is 2. The second-order valence-electron chi connectivity index (χ2n) is 4.03. The Labute approximate surface area is 110 Å². The number of benzene rings is 1. The van der Waals surface area contributed by atoms with Crippen LogP contribution in [0.5, 0.6) is 0 Å². The van der Waals surface area contributed by atoms with Crippen molar-refractivity contribution >= 4 is 23.5 Å². The van der Waals surface area contributed by atoms with Gasteiger partial charge in [0.15, 0.2) is 0 Å². The van der Waals surface area contributed by atoms with Gasteiger partial charge in [0.2, 0.25) is 0 Å². The van der Waals surface area contributed by atoms with Gasteiger partial charge in [-0.15, -0.1) is 0 Å². The molecule has 0 radical (unpaired) electrons. The number of nitrogens with zero attached hydrogens (tertiary/aromatic N) is 1. The van der Waals surface area contributed by atoms with Crippen molar-refractivity contribution in [2.75, 3.05) is 13.1 Å². The third kappa shape index (κ3) is 4.73. The predicted molar refractivity (Wildman–Crippen MR) is 66.7 cm³/mol. The van der Waals surface area contributed by atoms with Gasteiger partial charge in [-0.2, -0.15) is 0 Å². The van der Waals surface area contributed by atoms with Crippen LogP contribution < -0.4 is 0 Å². The number of aliphatic carboxylic acids is 2. The third-order valence-corrected chi connectivity index (χ3v) is 2.67. The number of carboxylic acid groups (broad SMARTS) is 2. The Morgan fingerprint density at radius 2 is 1.78 bits per heavy atom. The molecule has 0 atom stereocenters. The maximum absolute atomic E-state index is 10.7. The first-order valence-corrected chi connectivity index (χ1v) is 5.67. The van der Waals surface area contributed by atoms with E-state index in [1.807, 2.05) is 13.0 Å². The molecule has 98 valence electrons. The summed E-state index contributed by atoms with van der Waals surface area (Å²) in [6, 6.07) is 5.38. The lowest BCUT2D eigenvalue weighted by molar-refractivity contribution is -0.142. The second-order valence-corrected chi connectivity index (χ2v) is 4.43. The smallest absolute Gasteiger partial charge is 0.317 e. The first kappa shape index (κ1) is 14.5. The highest BCUT2D eigenvalue weighted by Gasteiger charge is 2.15. The average Bonchev–Trinajstić information content (AvgIpc) is 2.20. The van der Waals surface area contributed by atoms with Crippen LogP contribution in [-0.4, -0.2) is 40.1 Å². The van der Waals surface area contributed by atoms with Gasteiger partial charge < -0.3 is 10.2 Å². The SMILES string of the molecule is Cc1ccc(CN(CC(=O)O)CC(=O)O)c(Cl)c1. The van der Waals surface area contributed by atoms with Gasteiger partial charge in [-0.25, -0.2) is 0 Å². The normalized spacial score (nSPS) is 10.6. The highest BCUT2D eigenvalue weighted by Crippen LogP contribution is 2.19. The summed E-state index contributed by atoms with van der Waals surface area (Å²) in [5, 5.41) is 18.0. The lowest BCUT2D eigenvalue weighted by Gasteiger charge is -2.18. The molecule has 18 heavy (non-hydrogen) atoms. The van der Waals surface area contributed by atoms with Crippen molar-refractivity contribution in [3.8, 4) is 0 Å². The van der Waals surface area contributed by atoms with Crippen LogP contribution in [0.1, 0.15) is 11.1 Å². The van der Waals surface area contributed by atoms with E-state index in [4.69, 9.17) is 21.8 Å². The first-order valence-electron chi connectivity index (χ1n) is 5.29. The van der Waals surface area contributed by atoms with Crippen LogP contribution in [0.4, 0.5) is 0 Å². The van der Waals surface area contributed by atoms with E-state index in [9.17, 15) is 9.59 Å². The lowest BCUT2D eigenvalue weighted by Crippen LogP contribution is -2.34. The van der Waals surface area contributed by atoms with Crippen LogP contribution in [0.3, 0.4) is 0 Å². The summed E-state index contributed by atoms with van der Waals surface area (Å²) in [6.45, 7) is 1.41. The minimum atomic E-state index is -1.07. The van der Waals surface area contributed by atoms with Crippen LogP contribution >= 0.6 is 11.6 Å². The van der Waals surface area contributed by atoms with Crippen LogP contribution in [-0.2, 0) is 16.1 Å². The van der Waals surface area contributed by atoms with Crippen molar-refractivity contribution in [2.45, 2.75) is 13.5 Å². The van der Waals surface area contributed by atoms with Gasteiger partial charge in [-0.3, -0.25) is 14.5 Å².